The minimum absolute atomic E-state index is 0.000566. The van der Waals surface area contributed by atoms with E-state index in [2.05, 4.69) is 0 Å². The molecule has 0 saturated carbocycles. The summed E-state index contributed by atoms with van der Waals surface area (Å²) in [6.45, 7) is 4.78. The van der Waals surface area contributed by atoms with Gasteiger partial charge in [0.2, 0.25) is 10.0 Å². The molecule has 6 nitrogen and oxygen atoms in total. The molecule has 1 amide bonds. The number of fused-ring (bicyclic) bond motifs is 1. The second-order valence-corrected chi connectivity index (χ2v) is 9.02. The third-order valence-corrected chi connectivity index (χ3v) is 7.07. The predicted molar refractivity (Wildman–Crippen MR) is 100 cm³/mol. The van der Waals surface area contributed by atoms with Crippen LogP contribution in [0, 0.1) is 0 Å². The van der Waals surface area contributed by atoms with Gasteiger partial charge in [0.25, 0.3) is 5.91 Å². The van der Waals surface area contributed by atoms with Gasteiger partial charge in [0, 0.05) is 39.4 Å². The molecule has 0 radical (unpaired) electrons. The molecule has 140 valence electrons. The Morgan fingerprint density at radius 1 is 1.19 bits per heavy atom. The summed E-state index contributed by atoms with van der Waals surface area (Å²) in [5.41, 5.74) is 2.66. The fourth-order valence-corrected chi connectivity index (χ4v) is 4.57. The highest BCUT2D eigenvalue weighted by Gasteiger charge is 2.27. The van der Waals surface area contributed by atoms with Gasteiger partial charge in [-0.15, -0.1) is 0 Å². The molecule has 0 bridgehead atoms. The highest BCUT2D eigenvalue weighted by Crippen LogP contribution is 2.25. The van der Waals surface area contributed by atoms with Crippen LogP contribution in [0.15, 0.2) is 41.4 Å². The summed E-state index contributed by atoms with van der Waals surface area (Å²) in [5.74, 6) is -0.000566. The number of aryl methyl sites for hydroxylation is 1. The van der Waals surface area contributed by atoms with E-state index in [0.29, 0.717) is 30.1 Å². The Hall–Kier alpha value is -2.12. The highest BCUT2D eigenvalue weighted by molar-refractivity contribution is 7.89. The molecule has 2 heterocycles. The van der Waals surface area contributed by atoms with Crippen LogP contribution in [0.2, 0.25) is 0 Å². The first-order valence-electron chi connectivity index (χ1n) is 8.72. The molecule has 1 aromatic carbocycles. The fourth-order valence-electron chi connectivity index (χ4n) is 3.15. The topological polar surface area (TPSA) is 62.6 Å². The molecule has 3 rings (SSSR count). The van der Waals surface area contributed by atoms with Gasteiger partial charge in [-0.05, 0) is 55.7 Å². The van der Waals surface area contributed by atoms with E-state index in [1.165, 1.54) is 4.31 Å². The lowest BCUT2D eigenvalue weighted by Gasteiger charge is -2.30. The zero-order chi connectivity index (χ0) is 19.1. The van der Waals surface area contributed by atoms with Crippen LogP contribution in [0.5, 0.6) is 0 Å². The number of rotatable bonds is 4. The van der Waals surface area contributed by atoms with E-state index in [1.807, 2.05) is 54.8 Å². The molecule has 0 aliphatic carbocycles. The second kappa shape index (κ2) is 6.89. The molecule has 0 saturated heterocycles. The molecular formula is C19H25N3O3S. The first-order chi connectivity index (χ1) is 12.2. The van der Waals surface area contributed by atoms with Crippen molar-refractivity contribution in [2.45, 2.75) is 37.8 Å². The maximum absolute atomic E-state index is 12.7. The van der Waals surface area contributed by atoms with E-state index >= 15 is 0 Å². The number of nitrogens with zero attached hydrogens (tertiary/aromatic N) is 3. The van der Waals surface area contributed by atoms with Crippen molar-refractivity contribution in [3.05, 3.63) is 53.3 Å². The Balaban J connectivity index is 1.84. The van der Waals surface area contributed by atoms with Crippen molar-refractivity contribution in [1.82, 2.24) is 13.8 Å². The van der Waals surface area contributed by atoms with Crippen LogP contribution in [0.1, 0.15) is 35.5 Å². The Kier molecular flexibility index (Phi) is 4.94. The highest BCUT2D eigenvalue weighted by atomic mass is 32.2. The van der Waals surface area contributed by atoms with Crippen molar-refractivity contribution >= 4 is 15.9 Å². The number of amides is 1. The van der Waals surface area contributed by atoms with Gasteiger partial charge in [-0.3, -0.25) is 4.79 Å². The molecular weight excluding hydrogens is 350 g/mol. The smallest absolute Gasteiger partial charge is 0.270 e. The van der Waals surface area contributed by atoms with Crippen LogP contribution in [0.3, 0.4) is 0 Å². The zero-order valence-electron chi connectivity index (χ0n) is 15.6. The monoisotopic (exact) mass is 375 g/mol. The van der Waals surface area contributed by atoms with E-state index in [4.69, 9.17) is 0 Å². The van der Waals surface area contributed by atoms with Crippen molar-refractivity contribution in [3.63, 3.8) is 0 Å². The summed E-state index contributed by atoms with van der Waals surface area (Å²) in [6, 6.07) is 8.80. The van der Waals surface area contributed by atoms with Crippen molar-refractivity contribution < 1.29 is 13.2 Å². The maximum Gasteiger partial charge on any atom is 0.270 e. The minimum atomic E-state index is -3.49. The van der Waals surface area contributed by atoms with Crippen LogP contribution in [-0.2, 0) is 30.0 Å². The molecule has 1 aliphatic heterocycles. The number of hydrogen-bond acceptors (Lipinski definition) is 3. The van der Waals surface area contributed by atoms with E-state index in [9.17, 15) is 13.2 Å². The number of benzene rings is 1. The summed E-state index contributed by atoms with van der Waals surface area (Å²) < 4.78 is 28.6. The van der Waals surface area contributed by atoms with Crippen molar-refractivity contribution in [3.8, 4) is 0 Å². The number of carbonyl (C=O) groups excluding carboxylic acids is 1. The molecule has 26 heavy (non-hydrogen) atoms. The molecule has 7 heteroatoms. The lowest BCUT2D eigenvalue weighted by Crippen LogP contribution is -2.37. The number of aromatic nitrogens is 1. The third-order valence-electron chi connectivity index (χ3n) is 5.04. The SMILES string of the molecule is CC(C)N(C)S(=O)(=O)c1ccc2c(c1)CCN(C(=O)c1cccn1C)C2. The van der Waals surface area contributed by atoms with E-state index in [0.717, 1.165) is 11.1 Å². The molecule has 0 unspecified atom stereocenters. The Morgan fingerprint density at radius 2 is 1.92 bits per heavy atom. The number of hydrogen-bond donors (Lipinski definition) is 0. The Bertz CT molecular complexity index is 931. The number of sulfonamides is 1. The summed E-state index contributed by atoms with van der Waals surface area (Å²) in [4.78, 5) is 14.8. The minimum Gasteiger partial charge on any atom is -0.347 e. The standard InChI is InChI=1S/C19H25N3O3S/c1-14(2)21(4)26(24,25)17-8-7-16-13-22(11-9-15(16)12-17)19(23)18-6-5-10-20(18)3/h5-8,10,12,14H,9,11,13H2,1-4H3. The molecule has 0 atom stereocenters. The van der Waals surface area contributed by atoms with Gasteiger partial charge in [-0.1, -0.05) is 6.07 Å². The summed E-state index contributed by atoms with van der Waals surface area (Å²) in [7, 11) is -0.0416. The van der Waals surface area contributed by atoms with Crippen LogP contribution in [-0.4, -0.2) is 47.7 Å². The van der Waals surface area contributed by atoms with Gasteiger partial charge in [0.1, 0.15) is 5.69 Å². The average Bonchev–Trinajstić information content (AvgIpc) is 3.05. The van der Waals surface area contributed by atoms with E-state index in [1.54, 1.807) is 19.2 Å². The van der Waals surface area contributed by atoms with Crippen LogP contribution in [0.4, 0.5) is 0 Å². The van der Waals surface area contributed by atoms with Crippen molar-refractivity contribution in [1.29, 1.82) is 0 Å². The van der Waals surface area contributed by atoms with Gasteiger partial charge in [-0.25, -0.2) is 8.42 Å². The quantitative estimate of drug-likeness (QED) is 0.823. The molecule has 2 aromatic rings. The first kappa shape index (κ1) is 18.7. The van der Waals surface area contributed by atoms with Crippen LogP contribution in [0.25, 0.3) is 0 Å². The normalized spacial score (nSPS) is 14.8. The first-order valence-corrected chi connectivity index (χ1v) is 10.2. The van der Waals surface area contributed by atoms with Crippen molar-refractivity contribution in [2.24, 2.45) is 7.05 Å². The number of carbonyl (C=O) groups is 1. The Morgan fingerprint density at radius 3 is 2.54 bits per heavy atom. The van der Waals surface area contributed by atoms with Gasteiger partial charge in [-0.2, -0.15) is 4.31 Å². The van der Waals surface area contributed by atoms with Gasteiger partial charge in [0.05, 0.1) is 4.90 Å². The summed E-state index contributed by atoms with van der Waals surface area (Å²) >= 11 is 0. The van der Waals surface area contributed by atoms with Crippen molar-refractivity contribution in [2.75, 3.05) is 13.6 Å². The van der Waals surface area contributed by atoms with E-state index in [-0.39, 0.29) is 11.9 Å². The second-order valence-electron chi connectivity index (χ2n) is 7.03. The molecule has 0 spiro atoms. The van der Waals surface area contributed by atoms with E-state index < -0.39 is 10.0 Å². The van der Waals surface area contributed by atoms with Gasteiger partial charge < -0.3 is 9.47 Å². The summed E-state index contributed by atoms with van der Waals surface area (Å²) in [5, 5.41) is 0. The average molecular weight is 375 g/mol. The molecule has 1 aliphatic rings. The summed E-state index contributed by atoms with van der Waals surface area (Å²) in [6.07, 6.45) is 2.51. The third kappa shape index (κ3) is 3.29. The molecule has 0 N–H and O–H groups in total. The lowest BCUT2D eigenvalue weighted by molar-refractivity contribution is 0.0725. The fraction of sp³-hybridized carbons (Fsp3) is 0.421. The van der Waals surface area contributed by atoms with Crippen LogP contribution < -0.4 is 0 Å². The Labute approximate surface area is 155 Å². The largest absolute Gasteiger partial charge is 0.347 e. The maximum atomic E-state index is 12.7. The predicted octanol–water partition coefficient (Wildman–Crippen LogP) is 2.25. The molecule has 0 fully saturated rings. The van der Waals surface area contributed by atoms with Crippen LogP contribution >= 0.6 is 0 Å². The van der Waals surface area contributed by atoms with Gasteiger partial charge in [0.15, 0.2) is 0 Å². The molecule has 1 aromatic heterocycles. The lowest BCUT2D eigenvalue weighted by atomic mass is 9.99. The zero-order valence-corrected chi connectivity index (χ0v) is 16.5. The van der Waals surface area contributed by atoms with Gasteiger partial charge >= 0.3 is 0 Å².